The first-order valence-electron chi connectivity index (χ1n) is 2.49. The van der Waals surface area contributed by atoms with Crippen LogP contribution in [0.15, 0.2) is 0 Å². The van der Waals surface area contributed by atoms with E-state index < -0.39 is 0 Å². The highest BCUT2D eigenvalue weighted by Crippen LogP contribution is 1.74. The van der Waals surface area contributed by atoms with E-state index in [4.69, 9.17) is 4.43 Å². The fourth-order valence-corrected chi connectivity index (χ4v) is 0.866. The van der Waals surface area contributed by atoms with E-state index in [2.05, 4.69) is 13.5 Å². The quantitative estimate of drug-likeness (QED) is 0.480. The number of rotatable bonds is 3. The van der Waals surface area contributed by atoms with Gasteiger partial charge in [-0.2, -0.15) is 0 Å². The summed E-state index contributed by atoms with van der Waals surface area (Å²) in [5.41, 5.74) is 0. The second-order valence-corrected chi connectivity index (χ2v) is 2.18. The lowest BCUT2D eigenvalue weighted by Crippen LogP contribution is -1.92. The minimum absolute atomic E-state index is 0. The van der Waals surface area contributed by atoms with Crippen molar-refractivity contribution in [2.24, 2.45) is 0 Å². The molecular formula is C9H32OSi. The molecule has 1 nitrogen and oxygen atoms in total. The first kappa shape index (κ1) is 43.2. The van der Waals surface area contributed by atoms with Crippen molar-refractivity contribution < 1.29 is 4.43 Å². The van der Waals surface area contributed by atoms with Crippen LogP contribution in [-0.2, 0) is 4.43 Å². The van der Waals surface area contributed by atoms with Crippen LogP contribution in [0.3, 0.4) is 0 Å². The van der Waals surface area contributed by atoms with E-state index >= 15 is 0 Å². The van der Waals surface area contributed by atoms with Gasteiger partial charge in [0.05, 0.1) is 0 Å². The van der Waals surface area contributed by atoms with Crippen molar-refractivity contribution in [2.45, 2.75) is 57.0 Å². The molecule has 0 aromatic carbocycles. The van der Waals surface area contributed by atoms with Gasteiger partial charge in [0.2, 0.25) is 0 Å². The predicted molar refractivity (Wildman–Crippen MR) is 64.3 cm³/mol. The average molecular weight is 184 g/mol. The molecule has 11 heavy (non-hydrogen) atoms. The Morgan fingerprint density at radius 1 is 1.00 bits per heavy atom. The van der Waals surface area contributed by atoms with Crippen LogP contribution in [0, 0.1) is 0 Å². The van der Waals surface area contributed by atoms with Crippen molar-refractivity contribution in [1.29, 1.82) is 0 Å². The molecule has 0 rings (SSSR count). The molecule has 0 spiro atoms. The molecule has 0 N–H and O–H groups in total. The molecule has 0 fully saturated rings. The van der Waals surface area contributed by atoms with Crippen LogP contribution in [0.5, 0.6) is 0 Å². The highest BCUT2D eigenvalue weighted by atomic mass is 28.2. The fourth-order valence-electron chi connectivity index (χ4n) is 0.289. The van der Waals surface area contributed by atoms with Crippen LogP contribution in [0.2, 0.25) is 6.55 Å². The van der Waals surface area contributed by atoms with Crippen LogP contribution < -0.4 is 0 Å². The monoisotopic (exact) mass is 184 g/mol. The maximum absolute atomic E-state index is 5.12. The Morgan fingerprint density at radius 3 is 1.45 bits per heavy atom. The predicted octanol–water partition coefficient (Wildman–Crippen LogP) is 3.73. The summed E-state index contributed by atoms with van der Waals surface area (Å²) >= 11 is 0. The number of hydrogen-bond donors (Lipinski definition) is 0. The second-order valence-electron chi connectivity index (χ2n) is 1.20. The van der Waals surface area contributed by atoms with Gasteiger partial charge in [-0.05, 0) is 6.42 Å². The highest BCUT2D eigenvalue weighted by Gasteiger charge is 1.73. The standard InChI is InChI=1S/C4H12OSi.5CH4/c1-3-4-5-6-2;;;;;/h3-4,6H2,1-2H3;5*1H4. The maximum Gasteiger partial charge on any atom is 0.158 e. The van der Waals surface area contributed by atoms with E-state index in [1.54, 1.807) is 0 Å². The highest BCUT2D eigenvalue weighted by molar-refractivity contribution is 6.24. The first-order valence-corrected chi connectivity index (χ1v) is 4.48. The Hall–Kier alpha value is 0.177. The van der Waals surface area contributed by atoms with E-state index in [-0.39, 0.29) is 46.9 Å². The van der Waals surface area contributed by atoms with Gasteiger partial charge in [0, 0.05) is 6.61 Å². The SMILES string of the molecule is C.C.C.C.C.CCCO[SiH2]C. The minimum Gasteiger partial charge on any atom is -0.424 e. The average Bonchev–Trinajstić information content (AvgIpc) is 1.61. The smallest absolute Gasteiger partial charge is 0.158 e. The second kappa shape index (κ2) is 49.1. The van der Waals surface area contributed by atoms with E-state index in [0.29, 0.717) is 0 Å². The molecule has 2 heteroatoms. The van der Waals surface area contributed by atoms with Crippen LogP contribution >= 0.6 is 0 Å². The summed E-state index contributed by atoms with van der Waals surface area (Å²) in [5.74, 6) is 0. The van der Waals surface area contributed by atoms with Gasteiger partial charge in [0.1, 0.15) is 0 Å². The summed E-state index contributed by atoms with van der Waals surface area (Å²) in [6.45, 7) is 5.25. The molecule has 0 heterocycles. The Kier molecular flexibility index (Phi) is 193. The summed E-state index contributed by atoms with van der Waals surface area (Å²) in [6, 6.07) is 0. The molecule has 0 radical (unpaired) electrons. The normalized spacial score (nSPS) is 6.00. The molecule has 0 amide bonds. The lowest BCUT2D eigenvalue weighted by Gasteiger charge is -1.91. The summed E-state index contributed by atoms with van der Waals surface area (Å²) in [7, 11) is -0.0970. The van der Waals surface area contributed by atoms with E-state index in [0.717, 1.165) is 6.61 Å². The van der Waals surface area contributed by atoms with Crippen molar-refractivity contribution in [3.63, 3.8) is 0 Å². The number of hydrogen-bond acceptors (Lipinski definition) is 1. The Balaban J connectivity index is -0.0000000125. The fraction of sp³-hybridized carbons (Fsp3) is 1.00. The molecule has 0 aromatic heterocycles. The molecule has 0 aromatic rings. The molecule has 0 atom stereocenters. The third-order valence-corrected chi connectivity index (χ3v) is 1.25. The zero-order valence-corrected chi connectivity index (χ0v) is 5.94. The molecule has 0 bridgehead atoms. The lowest BCUT2D eigenvalue weighted by molar-refractivity contribution is 0.338. The largest absolute Gasteiger partial charge is 0.424 e. The molecule has 0 aliphatic rings. The zero-order chi connectivity index (χ0) is 4.83. The van der Waals surface area contributed by atoms with E-state index in [1.807, 2.05) is 0 Å². The molecule has 0 aliphatic carbocycles. The topological polar surface area (TPSA) is 9.23 Å². The first-order chi connectivity index (χ1) is 2.91. The van der Waals surface area contributed by atoms with Gasteiger partial charge in [-0.1, -0.05) is 50.6 Å². The molecular weight excluding hydrogens is 152 g/mol. The van der Waals surface area contributed by atoms with Gasteiger partial charge < -0.3 is 4.43 Å². The Bertz CT molecular complexity index is 21.5. The van der Waals surface area contributed by atoms with Gasteiger partial charge in [-0.25, -0.2) is 0 Å². The summed E-state index contributed by atoms with van der Waals surface area (Å²) < 4.78 is 5.12. The molecule has 0 saturated heterocycles. The minimum atomic E-state index is -0.0970. The van der Waals surface area contributed by atoms with Gasteiger partial charge in [-0.3, -0.25) is 0 Å². The van der Waals surface area contributed by atoms with E-state index in [9.17, 15) is 0 Å². The van der Waals surface area contributed by atoms with Crippen LogP contribution in [0.4, 0.5) is 0 Å². The van der Waals surface area contributed by atoms with Gasteiger partial charge in [0.15, 0.2) is 9.76 Å². The van der Waals surface area contributed by atoms with Gasteiger partial charge >= 0.3 is 0 Å². The summed E-state index contributed by atoms with van der Waals surface area (Å²) in [4.78, 5) is 0. The molecule has 78 valence electrons. The molecule has 0 saturated carbocycles. The summed E-state index contributed by atoms with van der Waals surface area (Å²) in [5, 5.41) is 0. The maximum atomic E-state index is 5.12. The van der Waals surface area contributed by atoms with Crippen LogP contribution in [-0.4, -0.2) is 16.4 Å². The zero-order valence-electron chi connectivity index (χ0n) is 4.53. The third-order valence-electron chi connectivity index (χ3n) is 0.553. The molecule has 0 aliphatic heterocycles. The van der Waals surface area contributed by atoms with Crippen molar-refractivity contribution in [3.05, 3.63) is 0 Å². The van der Waals surface area contributed by atoms with Gasteiger partial charge in [-0.15, -0.1) is 0 Å². The lowest BCUT2D eigenvalue weighted by atomic mass is 10.5. The third kappa shape index (κ3) is 67.4. The Morgan fingerprint density at radius 2 is 1.36 bits per heavy atom. The van der Waals surface area contributed by atoms with Gasteiger partial charge in [0.25, 0.3) is 0 Å². The van der Waals surface area contributed by atoms with Crippen LogP contribution in [0.25, 0.3) is 0 Å². The van der Waals surface area contributed by atoms with Crippen molar-refractivity contribution in [3.8, 4) is 0 Å². The van der Waals surface area contributed by atoms with Crippen molar-refractivity contribution in [1.82, 2.24) is 0 Å². The van der Waals surface area contributed by atoms with Crippen molar-refractivity contribution in [2.75, 3.05) is 6.61 Å². The molecule has 0 unspecified atom stereocenters. The van der Waals surface area contributed by atoms with E-state index in [1.165, 1.54) is 6.42 Å². The Labute approximate surface area is 78.5 Å². The summed E-state index contributed by atoms with van der Waals surface area (Å²) in [6.07, 6.45) is 1.17. The van der Waals surface area contributed by atoms with Crippen molar-refractivity contribution >= 4 is 9.76 Å². The van der Waals surface area contributed by atoms with Crippen LogP contribution in [0.1, 0.15) is 50.5 Å².